The highest BCUT2D eigenvalue weighted by atomic mass is 35.5. The summed E-state index contributed by atoms with van der Waals surface area (Å²) in [5.74, 6) is -0.678. The SMILES string of the molecule is CCCC(Cl)CN(C)C(C=C(C)CC)C(C(=O)NC1CNCCC1N1CCN(C)C(COC)C1)C(N)N. The Balaban J connectivity index is 2.22. The van der Waals surface area contributed by atoms with Crippen molar-refractivity contribution in [3.63, 3.8) is 0 Å². The molecule has 2 aliphatic rings. The van der Waals surface area contributed by atoms with Gasteiger partial charge in [0, 0.05) is 63.3 Å². The second kappa shape index (κ2) is 16.4. The van der Waals surface area contributed by atoms with Gasteiger partial charge in [0.25, 0.3) is 0 Å². The van der Waals surface area contributed by atoms with Crippen molar-refractivity contribution in [3.05, 3.63) is 11.6 Å². The summed E-state index contributed by atoms with van der Waals surface area (Å²) in [5, 5.41) is 6.86. The predicted octanol–water partition coefficient (Wildman–Crippen LogP) is 1.02. The number of methoxy groups -OCH3 is 1. The number of ether oxygens (including phenoxy) is 1. The molecule has 37 heavy (non-hydrogen) atoms. The Hall–Kier alpha value is -0.780. The van der Waals surface area contributed by atoms with Gasteiger partial charge in [0.2, 0.25) is 5.91 Å². The number of likely N-dealkylation sites (N-methyl/N-ethyl adjacent to an activating group) is 2. The first-order valence-electron chi connectivity index (χ1n) is 14.1. The van der Waals surface area contributed by atoms with Gasteiger partial charge in [0.1, 0.15) is 0 Å². The van der Waals surface area contributed by atoms with Gasteiger partial charge in [-0.05, 0) is 46.8 Å². The van der Waals surface area contributed by atoms with Gasteiger partial charge in [-0.1, -0.05) is 31.9 Å². The maximum atomic E-state index is 13.9. The number of halogens is 1. The number of nitrogens with one attached hydrogen (secondary N) is 2. The van der Waals surface area contributed by atoms with E-state index in [1.54, 1.807) is 7.11 Å². The van der Waals surface area contributed by atoms with Gasteiger partial charge >= 0.3 is 0 Å². The number of hydrogen-bond donors (Lipinski definition) is 4. The highest BCUT2D eigenvalue weighted by molar-refractivity contribution is 6.20. The third kappa shape index (κ3) is 9.72. The van der Waals surface area contributed by atoms with Crippen molar-refractivity contribution < 1.29 is 9.53 Å². The van der Waals surface area contributed by atoms with Gasteiger partial charge in [0.15, 0.2) is 0 Å². The molecule has 0 aromatic carbocycles. The monoisotopic (exact) mass is 543 g/mol. The highest BCUT2D eigenvalue weighted by Gasteiger charge is 2.39. The minimum atomic E-state index is -0.793. The smallest absolute Gasteiger partial charge is 0.228 e. The lowest BCUT2D eigenvalue weighted by atomic mass is 9.90. The van der Waals surface area contributed by atoms with Gasteiger partial charge in [-0.15, -0.1) is 11.6 Å². The molecule has 1 amide bonds. The van der Waals surface area contributed by atoms with Crippen LogP contribution in [-0.2, 0) is 9.53 Å². The van der Waals surface area contributed by atoms with Gasteiger partial charge < -0.3 is 26.8 Å². The van der Waals surface area contributed by atoms with E-state index < -0.39 is 12.1 Å². The highest BCUT2D eigenvalue weighted by Crippen LogP contribution is 2.22. The van der Waals surface area contributed by atoms with Gasteiger partial charge in [-0.2, -0.15) is 0 Å². The van der Waals surface area contributed by atoms with E-state index in [2.05, 4.69) is 59.2 Å². The van der Waals surface area contributed by atoms with Crippen molar-refractivity contribution >= 4 is 17.5 Å². The molecule has 0 spiro atoms. The number of amides is 1. The molecule has 6 N–H and O–H groups in total. The first-order valence-corrected chi connectivity index (χ1v) is 14.5. The van der Waals surface area contributed by atoms with Gasteiger partial charge in [-0.3, -0.25) is 19.5 Å². The van der Waals surface area contributed by atoms with E-state index in [0.717, 1.165) is 58.4 Å². The van der Waals surface area contributed by atoms with E-state index in [9.17, 15) is 4.79 Å². The predicted molar refractivity (Wildman–Crippen MR) is 154 cm³/mol. The molecule has 0 saturated carbocycles. The Morgan fingerprint density at radius 1 is 1.32 bits per heavy atom. The van der Waals surface area contributed by atoms with Crippen LogP contribution in [-0.4, -0.2) is 123 Å². The van der Waals surface area contributed by atoms with Crippen LogP contribution in [0.25, 0.3) is 0 Å². The molecule has 0 aromatic heterocycles. The summed E-state index contributed by atoms with van der Waals surface area (Å²) in [6.45, 7) is 12.3. The number of allylic oxidation sites excluding steroid dienone is 1. The van der Waals surface area contributed by atoms with Crippen molar-refractivity contribution in [2.45, 2.75) is 82.2 Å². The second-order valence-corrected chi connectivity index (χ2v) is 11.7. The Bertz CT molecular complexity index is 710. The molecule has 0 bridgehead atoms. The van der Waals surface area contributed by atoms with Crippen LogP contribution in [0.2, 0.25) is 0 Å². The minimum Gasteiger partial charge on any atom is -0.383 e. The topological polar surface area (TPSA) is 112 Å². The van der Waals surface area contributed by atoms with Gasteiger partial charge in [0.05, 0.1) is 24.7 Å². The largest absolute Gasteiger partial charge is 0.383 e. The molecule has 9 nitrogen and oxygen atoms in total. The van der Waals surface area contributed by atoms with Crippen molar-refractivity contribution in [1.29, 1.82) is 0 Å². The number of rotatable bonds is 14. The summed E-state index contributed by atoms with van der Waals surface area (Å²) in [6, 6.07) is 0.357. The molecule has 2 aliphatic heterocycles. The molecule has 2 saturated heterocycles. The van der Waals surface area contributed by atoms with Crippen LogP contribution in [0.4, 0.5) is 0 Å². The molecule has 10 heteroatoms. The second-order valence-electron chi connectivity index (χ2n) is 11.0. The lowest BCUT2D eigenvalue weighted by molar-refractivity contribution is -0.128. The molecule has 0 aromatic rings. The Labute approximate surface area is 230 Å². The lowest BCUT2D eigenvalue weighted by Gasteiger charge is -2.47. The number of carbonyl (C=O) groups is 1. The number of nitrogens with two attached hydrogens (primary N) is 2. The Morgan fingerprint density at radius 2 is 2.05 bits per heavy atom. The fraction of sp³-hybridized carbons (Fsp3) is 0.889. The molecule has 6 atom stereocenters. The van der Waals surface area contributed by atoms with E-state index in [-0.39, 0.29) is 29.4 Å². The maximum absolute atomic E-state index is 13.9. The molecule has 216 valence electrons. The summed E-state index contributed by atoms with van der Waals surface area (Å²) in [7, 11) is 5.93. The third-order valence-corrected chi connectivity index (χ3v) is 8.46. The maximum Gasteiger partial charge on any atom is 0.228 e. The molecule has 6 unspecified atom stereocenters. The Kier molecular flexibility index (Phi) is 14.3. The molecular weight excluding hydrogens is 490 g/mol. The number of carbonyl (C=O) groups excluding carboxylic acids is 1. The van der Waals surface area contributed by atoms with Crippen molar-refractivity contribution in [3.8, 4) is 0 Å². The zero-order valence-corrected chi connectivity index (χ0v) is 24.8. The quantitative estimate of drug-likeness (QED) is 0.146. The minimum absolute atomic E-state index is 0.00902. The van der Waals surface area contributed by atoms with Crippen molar-refractivity contribution in [2.75, 3.05) is 67.1 Å². The zero-order valence-electron chi connectivity index (χ0n) is 24.1. The average Bonchev–Trinajstić information content (AvgIpc) is 2.85. The van der Waals surface area contributed by atoms with Gasteiger partial charge in [-0.25, -0.2) is 0 Å². The number of hydrogen-bond acceptors (Lipinski definition) is 8. The van der Waals surface area contributed by atoms with E-state index in [1.807, 2.05) is 7.05 Å². The molecule has 0 aliphatic carbocycles. The van der Waals surface area contributed by atoms with Crippen LogP contribution in [0.15, 0.2) is 11.6 Å². The standard InChI is InChI=1S/C27H54ClN7O2/c1-7-9-20(28)16-34(5)24(14-19(3)8-2)25(26(29)30)27(36)32-22-15-31-11-10-23(22)35-13-12-33(4)21(17-35)18-37-6/h14,20-26,31H,7-13,15-18,29-30H2,1-6H3,(H,32,36). The normalized spacial score (nSPS) is 26.9. The summed E-state index contributed by atoms with van der Waals surface area (Å²) >= 11 is 6.61. The average molecular weight is 544 g/mol. The molecule has 2 fully saturated rings. The van der Waals surface area contributed by atoms with Crippen LogP contribution in [0.5, 0.6) is 0 Å². The van der Waals surface area contributed by atoms with Crippen LogP contribution >= 0.6 is 11.6 Å². The van der Waals surface area contributed by atoms with E-state index in [1.165, 1.54) is 5.57 Å². The first-order chi connectivity index (χ1) is 17.6. The van der Waals surface area contributed by atoms with E-state index in [0.29, 0.717) is 19.2 Å². The van der Waals surface area contributed by atoms with Crippen LogP contribution < -0.4 is 22.1 Å². The molecular formula is C27H54ClN7O2. The molecule has 2 heterocycles. The fourth-order valence-electron chi connectivity index (χ4n) is 5.66. The van der Waals surface area contributed by atoms with Crippen LogP contribution in [0, 0.1) is 5.92 Å². The summed E-state index contributed by atoms with van der Waals surface area (Å²) in [4.78, 5) is 20.9. The van der Waals surface area contributed by atoms with E-state index in [4.69, 9.17) is 27.8 Å². The summed E-state index contributed by atoms with van der Waals surface area (Å²) in [5.41, 5.74) is 13.8. The third-order valence-electron chi connectivity index (χ3n) is 8.11. The van der Waals surface area contributed by atoms with Crippen molar-refractivity contribution in [2.24, 2.45) is 17.4 Å². The zero-order chi connectivity index (χ0) is 27.5. The van der Waals surface area contributed by atoms with Crippen LogP contribution in [0.3, 0.4) is 0 Å². The number of nitrogens with zero attached hydrogens (tertiary/aromatic N) is 3. The van der Waals surface area contributed by atoms with Crippen molar-refractivity contribution in [1.82, 2.24) is 25.3 Å². The molecule has 0 radical (unpaired) electrons. The number of alkyl halides is 1. The number of piperazine rings is 1. The number of piperidine rings is 1. The lowest BCUT2D eigenvalue weighted by Crippen LogP contribution is -2.66. The summed E-state index contributed by atoms with van der Waals surface area (Å²) in [6.07, 6.45) is 5.18. The summed E-state index contributed by atoms with van der Waals surface area (Å²) < 4.78 is 5.47. The Morgan fingerprint density at radius 3 is 2.68 bits per heavy atom. The first kappa shape index (κ1) is 32.4. The molecule has 2 rings (SSSR count). The van der Waals surface area contributed by atoms with Crippen LogP contribution in [0.1, 0.15) is 46.5 Å². The van der Waals surface area contributed by atoms with E-state index >= 15 is 0 Å². The fourth-order valence-corrected chi connectivity index (χ4v) is 6.10.